The third-order valence-electron chi connectivity index (χ3n) is 5.51. The van der Waals surface area contributed by atoms with E-state index in [2.05, 4.69) is 86.4 Å². The summed E-state index contributed by atoms with van der Waals surface area (Å²) in [6, 6.07) is 21.6. The highest BCUT2D eigenvalue weighted by Crippen LogP contribution is 2.38. The number of rotatable bonds is 4. The number of piperidine rings is 1. The highest BCUT2D eigenvalue weighted by Gasteiger charge is 2.35. The van der Waals surface area contributed by atoms with Gasteiger partial charge in [-0.3, -0.25) is 0 Å². The molecular weight excluding hydrogens is 302 g/mol. The first-order chi connectivity index (χ1) is 12.2. The lowest BCUT2D eigenvalue weighted by atomic mass is 9.67. The average molecular weight is 333 g/mol. The summed E-state index contributed by atoms with van der Waals surface area (Å²) in [5, 5.41) is 0. The molecule has 2 aromatic carbocycles. The van der Waals surface area contributed by atoms with Gasteiger partial charge in [0.25, 0.3) is 0 Å². The molecule has 1 saturated heterocycles. The van der Waals surface area contributed by atoms with Crippen molar-refractivity contribution in [3.63, 3.8) is 0 Å². The summed E-state index contributed by atoms with van der Waals surface area (Å²) in [5.41, 5.74) is 2.37. The van der Waals surface area contributed by atoms with E-state index in [-0.39, 0.29) is 5.41 Å². The Kier molecular flexibility index (Phi) is 5.95. The fraction of sp³-hybridized carbons (Fsp3) is 0.417. The third kappa shape index (κ3) is 3.97. The number of hydrogen-bond donors (Lipinski definition) is 1. The molecule has 3 rings (SSSR count). The Balaban J connectivity index is 1.99. The van der Waals surface area contributed by atoms with E-state index in [0.717, 1.165) is 6.54 Å². The van der Waals surface area contributed by atoms with E-state index in [1.54, 1.807) is 4.90 Å². The zero-order chi connectivity index (χ0) is 17.5. The van der Waals surface area contributed by atoms with Crippen LogP contribution in [0.1, 0.15) is 44.2 Å². The maximum atomic E-state index is 3.74. The Bertz CT molecular complexity index is 661. The van der Waals surface area contributed by atoms with Gasteiger partial charge in [-0.1, -0.05) is 80.4 Å². The van der Waals surface area contributed by atoms with Crippen molar-refractivity contribution in [1.82, 2.24) is 0 Å². The summed E-state index contributed by atoms with van der Waals surface area (Å²) in [4.78, 5) is 1.65. The molecule has 25 heavy (non-hydrogen) atoms. The molecule has 2 aromatic rings. The maximum absolute atomic E-state index is 3.74. The van der Waals surface area contributed by atoms with Gasteiger partial charge >= 0.3 is 0 Å². The zero-order valence-corrected chi connectivity index (χ0v) is 15.6. The quantitative estimate of drug-likeness (QED) is 0.814. The molecule has 0 aliphatic carbocycles. The van der Waals surface area contributed by atoms with Crippen LogP contribution in [0.15, 0.2) is 60.7 Å². The molecule has 1 fully saturated rings. The van der Waals surface area contributed by atoms with Crippen LogP contribution in [0.4, 0.5) is 0 Å². The van der Waals surface area contributed by atoms with Crippen molar-refractivity contribution < 1.29 is 4.90 Å². The minimum Gasteiger partial charge on any atom is -0.325 e. The van der Waals surface area contributed by atoms with E-state index in [9.17, 15) is 0 Å². The van der Waals surface area contributed by atoms with Crippen molar-refractivity contribution in [3.8, 4) is 11.8 Å². The molecule has 1 aliphatic heterocycles. The van der Waals surface area contributed by atoms with Crippen molar-refractivity contribution in [3.05, 3.63) is 71.8 Å². The number of quaternary nitrogens is 1. The van der Waals surface area contributed by atoms with Crippen molar-refractivity contribution >= 4 is 0 Å². The van der Waals surface area contributed by atoms with Crippen molar-refractivity contribution in [1.29, 1.82) is 0 Å². The Labute approximate surface area is 153 Å². The van der Waals surface area contributed by atoms with Gasteiger partial charge in [0.15, 0.2) is 0 Å². The number of nitrogens with one attached hydrogen (secondary N) is 1. The summed E-state index contributed by atoms with van der Waals surface area (Å²) in [6.07, 6.45) is 4.09. The predicted molar refractivity (Wildman–Crippen MR) is 106 cm³/mol. The van der Waals surface area contributed by atoms with Gasteiger partial charge in [-0.25, -0.2) is 0 Å². The molecule has 0 spiro atoms. The van der Waals surface area contributed by atoms with Crippen LogP contribution in [0.25, 0.3) is 0 Å². The Hall–Kier alpha value is -2.04. The first kappa shape index (κ1) is 17.8. The molecule has 0 unspecified atom stereocenters. The molecule has 0 bridgehead atoms. The molecule has 1 heterocycles. The van der Waals surface area contributed by atoms with E-state index in [1.807, 2.05) is 0 Å². The van der Waals surface area contributed by atoms with Crippen molar-refractivity contribution in [2.45, 2.75) is 38.5 Å². The summed E-state index contributed by atoms with van der Waals surface area (Å²) in [6.45, 7) is 8.11. The fourth-order valence-electron chi connectivity index (χ4n) is 4.06. The minimum absolute atomic E-state index is 0.238. The molecule has 0 atom stereocenters. The highest BCUT2D eigenvalue weighted by atomic mass is 15.1. The van der Waals surface area contributed by atoms with E-state index >= 15 is 0 Å². The van der Waals surface area contributed by atoms with Crippen LogP contribution in [0.3, 0.4) is 0 Å². The second-order valence-electron chi connectivity index (χ2n) is 7.48. The largest absolute Gasteiger partial charge is 0.325 e. The lowest BCUT2D eigenvalue weighted by Gasteiger charge is -2.34. The van der Waals surface area contributed by atoms with Gasteiger partial charge in [0, 0.05) is 0 Å². The summed E-state index contributed by atoms with van der Waals surface area (Å²) in [7, 11) is 0. The maximum Gasteiger partial charge on any atom is 0.139 e. The van der Waals surface area contributed by atoms with Gasteiger partial charge in [0.1, 0.15) is 6.54 Å². The fourth-order valence-corrected chi connectivity index (χ4v) is 4.06. The van der Waals surface area contributed by atoms with Crippen molar-refractivity contribution in [2.24, 2.45) is 5.92 Å². The standard InChI is InChI=1S/C24H29N/c1-21(2)24(22-13-6-3-7-14-22,23-15-8-4-9-16-23)17-12-20-25-18-10-5-11-19-25/h3-4,6-9,13-16,21H,5,10-11,18-20H2,1-2H3/p+1. The first-order valence-electron chi connectivity index (χ1n) is 9.68. The van der Waals surface area contributed by atoms with Gasteiger partial charge in [0.05, 0.1) is 18.5 Å². The predicted octanol–water partition coefficient (Wildman–Crippen LogP) is 3.70. The lowest BCUT2D eigenvalue weighted by molar-refractivity contribution is -0.897. The van der Waals surface area contributed by atoms with Crippen LogP contribution in [-0.4, -0.2) is 19.6 Å². The molecule has 1 heteroatoms. The van der Waals surface area contributed by atoms with Crippen LogP contribution in [-0.2, 0) is 5.41 Å². The lowest BCUT2D eigenvalue weighted by Crippen LogP contribution is -3.12. The van der Waals surface area contributed by atoms with Gasteiger partial charge in [-0.05, 0) is 42.2 Å². The third-order valence-corrected chi connectivity index (χ3v) is 5.51. The van der Waals surface area contributed by atoms with Crippen molar-refractivity contribution in [2.75, 3.05) is 19.6 Å². The van der Waals surface area contributed by atoms with Gasteiger partial charge in [0.2, 0.25) is 0 Å². The second kappa shape index (κ2) is 8.37. The minimum atomic E-state index is -0.238. The van der Waals surface area contributed by atoms with E-state index < -0.39 is 0 Å². The Morgan fingerprint density at radius 3 is 1.84 bits per heavy atom. The summed E-state index contributed by atoms with van der Waals surface area (Å²) >= 11 is 0. The second-order valence-corrected chi connectivity index (χ2v) is 7.48. The molecule has 0 radical (unpaired) electrons. The topological polar surface area (TPSA) is 4.44 Å². The van der Waals surface area contributed by atoms with Crippen LogP contribution in [0.5, 0.6) is 0 Å². The van der Waals surface area contributed by atoms with Crippen LogP contribution >= 0.6 is 0 Å². The Morgan fingerprint density at radius 1 is 0.840 bits per heavy atom. The molecule has 1 N–H and O–H groups in total. The molecule has 1 aliphatic rings. The number of hydrogen-bond acceptors (Lipinski definition) is 0. The molecule has 0 aromatic heterocycles. The van der Waals surface area contributed by atoms with E-state index in [4.69, 9.17) is 0 Å². The average Bonchev–Trinajstić information content (AvgIpc) is 2.67. The Morgan fingerprint density at radius 2 is 1.36 bits per heavy atom. The van der Waals surface area contributed by atoms with E-state index in [1.165, 1.54) is 43.5 Å². The molecular formula is C24H30N+. The van der Waals surface area contributed by atoms with E-state index in [0.29, 0.717) is 5.92 Å². The van der Waals surface area contributed by atoms with Gasteiger partial charge in [-0.2, -0.15) is 0 Å². The normalized spacial score (nSPS) is 15.6. The van der Waals surface area contributed by atoms with Gasteiger partial charge < -0.3 is 4.90 Å². The van der Waals surface area contributed by atoms with Crippen LogP contribution < -0.4 is 4.90 Å². The SMILES string of the molecule is CC(C)C(C#CC[NH+]1CCCCC1)(c1ccccc1)c1ccccc1. The highest BCUT2D eigenvalue weighted by molar-refractivity contribution is 5.48. The number of benzene rings is 2. The molecule has 1 nitrogen and oxygen atoms in total. The molecule has 0 amide bonds. The van der Waals surface area contributed by atoms with Crippen LogP contribution in [0.2, 0.25) is 0 Å². The zero-order valence-electron chi connectivity index (χ0n) is 15.6. The summed E-state index contributed by atoms with van der Waals surface area (Å²) < 4.78 is 0. The monoisotopic (exact) mass is 332 g/mol. The number of likely N-dealkylation sites (tertiary alicyclic amines) is 1. The molecule has 130 valence electrons. The van der Waals surface area contributed by atoms with Gasteiger partial charge in [-0.15, -0.1) is 0 Å². The first-order valence-corrected chi connectivity index (χ1v) is 9.68. The molecule has 0 saturated carbocycles. The van der Waals surface area contributed by atoms with Crippen LogP contribution in [0, 0.1) is 17.8 Å². The summed E-state index contributed by atoms with van der Waals surface area (Å²) in [5.74, 6) is 7.73. The smallest absolute Gasteiger partial charge is 0.139 e.